The smallest absolute Gasteiger partial charge is 0.293 e. The Morgan fingerprint density at radius 1 is 1.04 bits per heavy atom. The fourth-order valence-corrected chi connectivity index (χ4v) is 4.94. The molecule has 0 N–H and O–H groups in total. The number of hydrogen-bond acceptors (Lipinski definition) is 10. The molecule has 0 aliphatic carbocycles. The largest absolute Gasteiger partial charge is 0.497 e. The minimum absolute atomic E-state index is 0.378. The van der Waals surface area contributed by atoms with Crippen LogP contribution in [0.25, 0.3) is 11.7 Å². The molecule has 0 atom stereocenters. The summed E-state index contributed by atoms with van der Waals surface area (Å²) in [4.78, 5) is 4.31. The van der Waals surface area contributed by atoms with Gasteiger partial charge in [-0.2, -0.15) is 4.98 Å². The van der Waals surface area contributed by atoms with E-state index in [1.165, 1.54) is 17.3 Å². The lowest BCUT2D eigenvalue weighted by Gasteiger charge is -2.01. The van der Waals surface area contributed by atoms with E-state index >= 15 is 0 Å². The summed E-state index contributed by atoms with van der Waals surface area (Å²) in [6, 6.07) is 11.6. The Kier molecular flexibility index (Phi) is 5.75. The van der Waals surface area contributed by atoms with Crippen LogP contribution in [0, 0.1) is 0 Å². The number of methoxy groups -OCH3 is 1. The normalized spacial score (nSPS) is 11.0. The van der Waals surface area contributed by atoms with E-state index in [9.17, 15) is 0 Å². The van der Waals surface area contributed by atoms with E-state index in [-0.39, 0.29) is 0 Å². The van der Waals surface area contributed by atoms with Crippen molar-refractivity contribution in [2.45, 2.75) is 20.2 Å². The summed E-state index contributed by atoms with van der Waals surface area (Å²) < 4.78 is 17.4. The molecule has 0 aliphatic heterocycles. The molecule has 0 unspecified atom stereocenters. The molecule has 0 spiro atoms. The molecule has 27 heavy (non-hydrogen) atoms. The van der Waals surface area contributed by atoms with Crippen LogP contribution in [0.4, 0.5) is 0 Å². The van der Waals surface area contributed by atoms with Crippen LogP contribution in [0.5, 0.6) is 5.75 Å². The van der Waals surface area contributed by atoms with Crippen LogP contribution in [0.15, 0.2) is 60.3 Å². The fraction of sp³-hybridized carbons (Fsp3) is 0.176. The highest BCUT2D eigenvalue weighted by Gasteiger charge is 2.13. The van der Waals surface area contributed by atoms with Crippen molar-refractivity contribution in [3.8, 4) is 17.4 Å². The lowest BCUT2D eigenvalue weighted by atomic mass is 10.2. The number of hydrogen-bond donors (Lipinski definition) is 0. The second-order valence-electron chi connectivity index (χ2n) is 5.25. The van der Waals surface area contributed by atoms with Crippen LogP contribution in [-0.2, 0) is 11.5 Å². The number of aromatic nitrogens is 4. The molecule has 0 saturated heterocycles. The first kappa shape index (κ1) is 18.1. The Labute approximate surface area is 167 Å². The summed E-state index contributed by atoms with van der Waals surface area (Å²) in [5.74, 6) is 3.78. The molecular formula is C17H14N4O3S3. The molecule has 0 bridgehead atoms. The van der Waals surface area contributed by atoms with Crippen molar-refractivity contribution in [2.75, 3.05) is 7.11 Å². The lowest BCUT2D eigenvalue weighted by Crippen LogP contribution is -1.84. The van der Waals surface area contributed by atoms with Gasteiger partial charge in [0, 0.05) is 5.75 Å². The number of rotatable bonds is 8. The highest BCUT2D eigenvalue weighted by atomic mass is 32.2. The van der Waals surface area contributed by atoms with E-state index in [1.807, 2.05) is 12.1 Å². The Morgan fingerprint density at radius 2 is 1.81 bits per heavy atom. The van der Waals surface area contributed by atoms with Crippen LogP contribution in [-0.4, -0.2) is 27.4 Å². The molecule has 7 nitrogen and oxygen atoms in total. The number of benzene rings is 1. The zero-order valence-electron chi connectivity index (χ0n) is 14.2. The lowest BCUT2D eigenvalue weighted by molar-refractivity contribution is 0.411. The van der Waals surface area contributed by atoms with E-state index in [1.54, 1.807) is 48.6 Å². The molecule has 3 aromatic heterocycles. The first-order valence-electron chi connectivity index (χ1n) is 7.88. The zero-order valence-corrected chi connectivity index (χ0v) is 16.6. The van der Waals surface area contributed by atoms with Crippen LogP contribution in [0.2, 0.25) is 0 Å². The molecule has 138 valence electrons. The third-order valence-electron chi connectivity index (χ3n) is 3.43. The predicted octanol–water partition coefficient (Wildman–Crippen LogP) is 4.77. The van der Waals surface area contributed by atoms with E-state index < -0.39 is 0 Å². The Morgan fingerprint density at radius 3 is 2.52 bits per heavy atom. The van der Waals surface area contributed by atoms with Crippen LogP contribution in [0.1, 0.15) is 11.4 Å². The fourth-order valence-electron chi connectivity index (χ4n) is 2.12. The van der Waals surface area contributed by atoms with Gasteiger partial charge in [-0.05, 0) is 29.8 Å². The van der Waals surface area contributed by atoms with E-state index in [0.29, 0.717) is 23.2 Å². The van der Waals surface area contributed by atoms with Crippen LogP contribution < -0.4 is 4.74 Å². The first-order valence-corrected chi connectivity index (χ1v) is 10.7. The minimum Gasteiger partial charge on any atom is -0.497 e. The van der Waals surface area contributed by atoms with Crippen molar-refractivity contribution in [1.82, 2.24) is 20.3 Å². The van der Waals surface area contributed by atoms with Crippen LogP contribution >= 0.6 is 34.9 Å². The summed E-state index contributed by atoms with van der Waals surface area (Å²) >= 11 is 4.75. The highest BCUT2D eigenvalue weighted by molar-refractivity contribution is 8.02. The summed E-state index contributed by atoms with van der Waals surface area (Å²) in [5.41, 5.74) is 1.21. The van der Waals surface area contributed by atoms with Gasteiger partial charge in [-0.1, -0.05) is 52.1 Å². The number of nitrogens with zero attached hydrogens (tertiary/aromatic N) is 4. The zero-order chi connectivity index (χ0) is 18.5. The number of thioether (sulfide) groups is 2. The molecule has 0 aliphatic rings. The van der Waals surface area contributed by atoms with Gasteiger partial charge < -0.3 is 13.7 Å². The summed E-state index contributed by atoms with van der Waals surface area (Å²) in [6.45, 7) is 0. The number of furan rings is 1. The van der Waals surface area contributed by atoms with Gasteiger partial charge in [0.1, 0.15) is 5.75 Å². The van der Waals surface area contributed by atoms with Gasteiger partial charge in [0.25, 0.3) is 5.89 Å². The van der Waals surface area contributed by atoms with Crippen molar-refractivity contribution in [3.63, 3.8) is 0 Å². The minimum atomic E-state index is 0.378. The molecule has 0 amide bonds. The van der Waals surface area contributed by atoms with Gasteiger partial charge in [0.05, 0.1) is 19.1 Å². The second-order valence-corrected chi connectivity index (χ2v) is 8.67. The summed E-state index contributed by atoms with van der Waals surface area (Å²) in [6.07, 6.45) is 1.57. The highest BCUT2D eigenvalue weighted by Crippen LogP contribution is 2.32. The Hall–Kier alpha value is -2.30. The Bertz CT molecular complexity index is 983. The van der Waals surface area contributed by atoms with E-state index in [0.717, 1.165) is 20.2 Å². The number of ether oxygens (including phenoxy) is 1. The van der Waals surface area contributed by atoms with Crippen molar-refractivity contribution >= 4 is 34.9 Å². The van der Waals surface area contributed by atoms with Crippen molar-refractivity contribution in [2.24, 2.45) is 0 Å². The first-order chi connectivity index (χ1) is 13.3. The second kappa shape index (κ2) is 8.59. The maximum atomic E-state index is 5.24. The van der Waals surface area contributed by atoms with Gasteiger partial charge >= 0.3 is 0 Å². The van der Waals surface area contributed by atoms with Gasteiger partial charge in [0.2, 0.25) is 0 Å². The maximum Gasteiger partial charge on any atom is 0.293 e. The molecule has 3 heterocycles. The topological polar surface area (TPSA) is 87.1 Å². The molecule has 4 aromatic rings. The molecule has 0 saturated carbocycles. The maximum absolute atomic E-state index is 5.24. The predicted molar refractivity (Wildman–Crippen MR) is 104 cm³/mol. The molecular weight excluding hydrogens is 404 g/mol. The average molecular weight is 419 g/mol. The third-order valence-corrected chi connectivity index (χ3v) is 6.69. The van der Waals surface area contributed by atoms with Crippen molar-refractivity contribution < 1.29 is 13.7 Å². The molecule has 10 heteroatoms. The van der Waals surface area contributed by atoms with Gasteiger partial charge in [-0.15, -0.1) is 10.2 Å². The van der Waals surface area contributed by atoms with Crippen molar-refractivity contribution in [1.29, 1.82) is 0 Å². The molecule has 4 rings (SSSR count). The molecule has 1 aromatic carbocycles. The third kappa shape index (κ3) is 4.71. The van der Waals surface area contributed by atoms with Gasteiger partial charge in [0.15, 0.2) is 20.3 Å². The monoisotopic (exact) mass is 418 g/mol. The standard InChI is InChI=1S/C17H14N4O3S3/c1-22-12-6-4-11(5-7-12)9-25-16-19-20-17(27-16)26-10-14-18-15(24-21-14)13-3-2-8-23-13/h2-8H,9-10H2,1H3. The summed E-state index contributed by atoms with van der Waals surface area (Å²) in [5, 5.41) is 12.4. The summed E-state index contributed by atoms with van der Waals surface area (Å²) in [7, 11) is 1.66. The molecule has 0 radical (unpaired) electrons. The Balaban J connectivity index is 1.29. The van der Waals surface area contributed by atoms with E-state index in [2.05, 4.69) is 32.5 Å². The van der Waals surface area contributed by atoms with Crippen molar-refractivity contribution in [3.05, 3.63) is 54.0 Å². The van der Waals surface area contributed by atoms with Crippen LogP contribution in [0.3, 0.4) is 0 Å². The average Bonchev–Trinajstić information content (AvgIpc) is 3.46. The SMILES string of the molecule is COc1ccc(CSc2nnc(SCc3noc(-c4ccco4)n3)s2)cc1. The van der Waals surface area contributed by atoms with E-state index in [4.69, 9.17) is 13.7 Å². The van der Waals surface area contributed by atoms with Gasteiger partial charge in [-0.3, -0.25) is 0 Å². The molecule has 0 fully saturated rings. The van der Waals surface area contributed by atoms with Gasteiger partial charge in [-0.25, -0.2) is 0 Å². The quantitative estimate of drug-likeness (QED) is 0.375.